The molecule has 1 saturated heterocycles. The van der Waals surface area contributed by atoms with E-state index in [0.29, 0.717) is 19.4 Å². The first-order valence-electron chi connectivity index (χ1n) is 7.24. The van der Waals surface area contributed by atoms with Gasteiger partial charge in [-0.3, -0.25) is 4.79 Å². The van der Waals surface area contributed by atoms with Gasteiger partial charge < -0.3 is 20.1 Å². The van der Waals surface area contributed by atoms with Crippen molar-refractivity contribution in [2.75, 3.05) is 13.6 Å². The second-order valence-electron chi connectivity index (χ2n) is 5.41. The van der Waals surface area contributed by atoms with Crippen molar-refractivity contribution in [3.63, 3.8) is 0 Å². The number of hydrogen-bond acceptors (Lipinski definition) is 4. The standard InChI is InChI=1S/C15H19F3N2O3/c1-20(14(21)13-7-6-11(8-19)22-13)9-10-4-2-3-5-12(10)23-15(16,17)18/h2-5,11,13H,6-9,19H2,1H3/t11-,13+/m1/s1. The van der Waals surface area contributed by atoms with Crippen LogP contribution in [0.15, 0.2) is 24.3 Å². The van der Waals surface area contributed by atoms with Crippen LogP contribution in [0, 0.1) is 0 Å². The summed E-state index contributed by atoms with van der Waals surface area (Å²) in [6.45, 7) is 0.341. The second kappa shape index (κ2) is 7.18. The summed E-state index contributed by atoms with van der Waals surface area (Å²) in [6, 6.07) is 5.74. The molecule has 1 fully saturated rings. The van der Waals surface area contributed by atoms with Crippen LogP contribution in [-0.4, -0.2) is 43.0 Å². The van der Waals surface area contributed by atoms with Gasteiger partial charge in [0, 0.05) is 25.7 Å². The Bertz CT molecular complexity index is 551. The Morgan fingerprint density at radius 3 is 2.70 bits per heavy atom. The Morgan fingerprint density at radius 1 is 1.39 bits per heavy atom. The summed E-state index contributed by atoms with van der Waals surface area (Å²) in [5.41, 5.74) is 5.77. The van der Waals surface area contributed by atoms with Crippen LogP contribution in [0.25, 0.3) is 0 Å². The molecule has 1 aromatic carbocycles. The fraction of sp³-hybridized carbons (Fsp3) is 0.533. The predicted octanol–water partition coefficient (Wildman–Crippen LogP) is 2.05. The summed E-state index contributed by atoms with van der Waals surface area (Å²) in [7, 11) is 1.52. The van der Waals surface area contributed by atoms with Gasteiger partial charge in [-0.25, -0.2) is 0 Å². The average molecular weight is 332 g/mol. The van der Waals surface area contributed by atoms with Crippen molar-refractivity contribution in [2.24, 2.45) is 5.73 Å². The minimum Gasteiger partial charge on any atom is -0.405 e. The van der Waals surface area contributed by atoms with Crippen LogP contribution >= 0.6 is 0 Å². The maximum atomic E-state index is 12.4. The molecule has 128 valence electrons. The third-order valence-corrected chi connectivity index (χ3v) is 3.63. The number of benzene rings is 1. The highest BCUT2D eigenvalue weighted by atomic mass is 19.4. The lowest BCUT2D eigenvalue weighted by atomic mass is 10.1. The van der Waals surface area contributed by atoms with Gasteiger partial charge in [-0.05, 0) is 18.9 Å². The molecule has 0 unspecified atom stereocenters. The third-order valence-electron chi connectivity index (χ3n) is 3.63. The number of nitrogens with zero attached hydrogens (tertiary/aromatic N) is 1. The first kappa shape index (κ1) is 17.6. The Labute approximate surface area is 132 Å². The van der Waals surface area contributed by atoms with Crippen molar-refractivity contribution in [1.82, 2.24) is 4.90 Å². The average Bonchev–Trinajstić information content (AvgIpc) is 2.96. The summed E-state index contributed by atoms with van der Waals surface area (Å²) in [6.07, 6.45) is -4.25. The van der Waals surface area contributed by atoms with Gasteiger partial charge in [0.25, 0.3) is 5.91 Å². The molecular formula is C15H19F3N2O3. The van der Waals surface area contributed by atoms with Crippen molar-refractivity contribution in [1.29, 1.82) is 0 Å². The van der Waals surface area contributed by atoms with E-state index in [1.165, 1.54) is 30.1 Å². The molecule has 23 heavy (non-hydrogen) atoms. The van der Waals surface area contributed by atoms with E-state index >= 15 is 0 Å². The number of amides is 1. The SMILES string of the molecule is CN(Cc1ccccc1OC(F)(F)F)C(=O)[C@@H]1CC[C@H](CN)O1. The molecule has 1 amide bonds. The number of alkyl halides is 3. The lowest BCUT2D eigenvalue weighted by Gasteiger charge is -2.22. The Kier molecular flexibility index (Phi) is 5.48. The topological polar surface area (TPSA) is 64.8 Å². The number of para-hydroxylation sites is 1. The molecular weight excluding hydrogens is 313 g/mol. The summed E-state index contributed by atoms with van der Waals surface area (Å²) in [5.74, 6) is -0.588. The molecule has 0 radical (unpaired) electrons. The largest absolute Gasteiger partial charge is 0.573 e. The minimum absolute atomic E-state index is 0.00175. The number of carbonyl (C=O) groups excluding carboxylic acids is 1. The zero-order chi connectivity index (χ0) is 17.0. The van der Waals surface area contributed by atoms with Gasteiger partial charge in [0.05, 0.1) is 6.10 Å². The fourth-order valence-corrected chi connectivity index (χ4v) is 2.50. The molecule has 1 heterocycles. The van der Waals surface area contributed by atoms with Gasteiger partial charge in [-0.15, -0.1) is 13.2 Å². The highest BCUT2D eigenvalue weighted by molar-refractivity contribution is 5.81. The maximum absolute atomic E-state index is 12.4. The number of rotatable bonds is 5. The van der Waals surface area contributed by atoms with Crippen LogP contribution in [0.2, 0.25) is 0 Å². The van der Waals surface area contributed by atoms with Gasteiger partial charge in [-0.2, -0.15) is 0 Å². The van der Waals surface area contributed by atoms with Crippen LogP contribution < -0.4 is 10.5 Å². The maximum Gasteiger partial charge on any atom is 0.573 e. The number of carbonyl (C=O) groups is 1. The van der Waals surface area contributed by atoms with Gasteiger partial charge in [0.15, 0.2) is 0 Å². The molecule has 1 aliphatic heterocycles. The highest BCUT2D eigenvalue weighted by Crippen LogP contribution is 2.27. The molecule has 2 rings (SSSR count). The molecule has 0 bridgehead atoms. The van der Waals surface area contributed by atoms with E-state index in [4.69, 9.17) is 10.5 Å². The van der Waals surface area contributed by atoms with Crippen LogP contribution in [0.5, 0.6) is 5.75 Å². The minimum atomic E-state index is -4.78. The first-order chi connectivity index (χ1) is 10.8. The van der Waals surface area contributed by atoms with E-state index in [-0.39, 0.29) is 29.9 Å². The smallest absolute Gasteiger partial charge is 0.405 e. The number of hydrogen-bond donors (Lipinski definition) is 1. The molecule has 0 spiro atoms. The van der Waals surface area contributed by atoms with Crippen LogP contribution in [0.1, 0.15) is 18.4 Å². The quantitative estimate of drug-likeness (QED) is 0.896. The Hall–Kier alpha value is -1.80. The Balaban J connectivity index is 2.03. The molecule has 0 saturated carbocycles. The molecule has 0 aliphatic carbocycles. The zero-order valence-electron chi connectivity index (χ0n) is 12.7. The van der Waals surface area contributed by atoms with Crippen molar-refractivity contribution in [3.05, 3.63) is 29.8 Å². The van der Waals surface area contributed by atoms with Gasteiger partial charge >= 0.3 is 6.36 Å². The van der Waals surface area contributed by atoms with Gasteiger partial charge in [0.1, 0.15) is 11.9 Å². The third kappa shape index (κ3) is 4.84. The summed E-state index contributed by atoms with van der Waals surface area (Å²) in [5, 5.41) is 0. The molecule has 2 N–H and O–H groups in total. The normalized spacial score (nSPS) is 21.3. The van der Waals surface area contributed by atoms with E-state index in [9.17, 15) is 18.0 Å². The van der Waals surface area contributed by atoms with Crippen molar-refractivity contribution in [2.45, 2.75) is 38.0 Å². The lowest BCUT2D eigenvalue weighted by molar-refractivity contribution is -0.275. The summed E-state index contributed by atoms with van der Waals surface area (Å²) in [4.78, 5) is 13.6. The van der Waals surface area contributed by atoms with Crippen LogP contribution in [0.4, 0.5) is 13.2 Å². The molecule has 2 atom stereocenters. The van der Waals surface area contributed by atoms with E-state index in [2.05, 4.69) is 4.74 Å². The Morgan fingerprint density at radius 2 is 2.09 bits per heavy atom. The molecule has 0 aromatic heterocycles. The second-order valence-corrected chi connectivity index (χ2v) is 5.41. The predicted molar refractivity (Wildman–Crippen MR) is 76.5 cm³/mol. The zero-order valence-corrected chi connectivity index (χ0v) is 12.7. The van der Waals surface area contributed by atoms with Gasteiger partial charge in [0.2, 0.25) is 0 Å². The van der Waals surface area contributed by atoms with Crippen molar-refractivity contribution in [3.8, 4) is 5.75 Å². The van der Waals surface area contributed by atoms with E-state index < -0.39 is 12.5 Å². The summed E-state index contributed by atoms with van der Waals surface area (Å²) < 4.78 is 46.7. The van der Waals surface area contributed by atoms with E-state index in [1.807, 2.05) is 0 Å². The van der Waals surface area contributed by atoms with Crippen molar-refractivity contribution < 1.29 is 27.4 Å². The summed E-state index contributed by atoms with van der Waals surface area (Å²) >= 11 is 0. The highest BCUT2D eigenvalue weighted by Gasteiger charge is 2.34. The molecule has 8 heteroatoms. The van der Waals surface area contributed by atoms with E-state index in [1.54, 1.807) is 6.07 Å². The van der Waals surface area contributed by atoms with Gasteiger partial charge in [-0.1, -0.05) is 18.2 Å². The number of likely N-dealkylation sites (N-methyl/N-ethyl adjacent to an activating group) is 1. The van der Waals surface area contributed by atoms with E-state index in [0.717, 1.165) is 0 Å². The number of halogens is 3. The molecule has 1 aliphatic rings. The number of ether oxygens (including phenoxy) is 2. The fourth-order valence-electron chi connectivity index (χ4n) is 2.50. The lowest BCUT2D eigenvalue weighted by Crippen LogP contribution is -2.36. The number of nitrogens with two attached hydrogens (primary N) is 1. The first-order valence-corrected chi connectivity index (χ1v) is 7.24. The van der Waals surface area contributed by atoms with Crippen LogP contribution in [0.3, 0.4) is 0 Å². The van der Waals surface area contributed by atoms with Crippen molar-refractivity contribution >= 4 is 5.91 Å². The monoisotopic (exact) mass is 332 g/mol. The van der Waals surface area contributed by atoms with Crippen LogP contribution in [-0.2, 0) is 16.1 Å². The molecule has 1 aromatic rings. The molecule has 5 nitrogen and oxygen atoms in total.